The van der Waals surface area contributed by atoms with E-state index in [2.05, 4.69) is 10.2 Å². The second-order valence-corrected chi connectivity index (χ2v) is 6.24. The first-order valence-electron chi connectivity index (χ1n) is 8.10. The quantitative estimate of drug-likeness (QED) is 0.824. The van der Waals surface area contributed by atoms with Gasteiger partial charge in [0.25, 0.3) is 0 Å². The van der Waals surface area contributed by atoms with Gasteiger partial charge in [0.1, 0.15) is 5.82 Å². The zero-order chi connectivity index (χ0) is 17.7. The molecular weight excluding hydrogens is 324 g/mol. The van der Waals surface area contributed by atoms with E-state index in [1.807, 2.05) is 7.05 Å². The fraction of sp³-hybridized carbons (Fsp3) is 0.588. The third-order valence-electron chi connectivity index (χ3n) is 4.47. The van der Waals surface area contributed by atoms with Gasteiger partial charge in [0, 0.05) is 19.0 Å². The number of halogens is 4. The molecule has 134 valence electrons. The molecule has 1 amide bonds. The normalized spacial score (nSPS) is 19.3. The molecule has 1 N–H and O–H groups in total. The molecule has 0 bridgehead atoms. The molecule has 24 heavy (non-hydrogen) atoms. The summed E-state index contributed by atoms with van der Waals surface area (Å²) < 4.78 is 51.9. The average molecular weight is 346 g/mol. The topological polar surface area (TPSA) is 32.3 Å². The summed E-state index contributed by atoms with van der Waals surface area (Å²) in [6, 6.07) is 2.63. The van der Waals surface area contributed by atoms with Crippen LogP contribution >= 0.6 is 0 Å². The lowest BCUT2D eigenvalue weighted by Crippen LogP contribution is -2.37. The first kappa shape index (κ1) is 18.7. The van der Waals surface area contributed by atoms with E-state index >= 15 is 0 Å². The summed E-state index contributed by atoms with van der Waals surface area (Å²) >= 11 is 0. The summed E-state index contributed by atoms with van der Waals surface area (Å²) in [5, 5.41) is 2.47. The second-order valence-electron chi connectivity index (χ2n) is 6.24. The van der Waals surface area contributed by atoms with Crippen molar-refractivity contribution in [2.24, 2.45) is 0 Å². The van der Waals surface area contributed by atoms with E-state index in [0.29, 0.717) is 18.5 Å². The van der Waals surface area contributed by atoms with Crippen LogP contribution in [0.3, 0.4) is 0 Å². The number of carbonyl (C=O) groups excluding carboxylic acids is 1. The highest BCUT2D eigenvalue weighted by Gasteiger charge is 2.33. The molecule has 0 aliphatic carbocycles. The van der Waals surface area contributed by atoms with Crippen LogP contribution in [-0.4, -0.2) is 30.4 Å². The Balaban J connectivity index is 1.88. The van der Waals surface area contributed by atoms with Crippen LogP contribution in [0.15, 0.2) is 18.2 Å². The fourth-order valence-electron chi connectivity index (χ4n) is 3.07. The second kappa shape index (κ2) is 7.96. The summed E-state index contributed by atoms with van der Waals surface area (Å²) in [4.78, 5) is 14.1. The number of alkyl halides is 3. The Hall–Kier alpha value is -1.63. The van der Waals surface area contributed by atoms with Gasteiger partial charge in [-0.05, 0) is 56.6 Å². The zero-order valence-electron chi connectivity index (χ0n) is 13.6. The predicted octanol–water partition coefficient (Wildman–Crippen LogP) is 3.73. The molecule has 1 heterocycles. The van der Waals surface area contributed by atoms with Gasteiger partial charge in [0.05, 0.1) is 5.56 Å². The number of benzene rings is 1. The number of nitrogens with one attached hydrogen (secondary N) is 1. The SMILES string of the molecule is CN1CCCCC1CCC(=O)NCc1cc(F)ccc1C(F)(F)F. The number of amides is 1. The van der Waals surface area contributed by atoms with Crippen molar-refractivity contribution in [3.05, 3.63) is 35.1 Å². The number of piperidine rings is 1. The average Bonchev–Trinajstić information content (AvgIpc) is 2.51. The van der Waals surface area contributed by atoms with Crippen molar-refractivity contribution >= 4 is 5.91 Å². The maximum absolute atomic E-state index is 13.2. The summed E-state index contributed by atoms with van der Waals surface area (Å²) in [7, 11) is 2.02. The Bertz CT molecular complexity index is 574. The predicted molar refractivity (Wildman–Crippen MR) is 82.8 cm³/mol. The third-order valence-corrected chi connectivity index (χ3v) is 4.47. The van der Waals surface area contributed by atoms with Crippen molar-refractivity contribution in [3.63, 3.8) is 0 Å². The lowest BCUT2D eigenvalue weighted by molar-refractivity contribution is -0.138. The smallest absolute Gasteiger partial charge is 0.352 e. The Morgan fingerprint density at radius 3 is 2.75 bits per heavy atom. The summed E-state index contributed by atoms with van der Waals surface area (Å²) in [5.41, 5.74) is -1.18. The Morgan fingerprint density at radius 2 is 2.08 bits per heavy atom. The van der Waals surface area contributed by atoms with Crippen molar-refractivity contribution in [2.45, 2.75) is 50.9 Å². The minimum atomic E-state index is -4.57. The van der Waals surface area contributed by atoms with Gasteiger partial charge in [0.2, 0.25) is 5.91 Å². The highest BCUT2D eigenvalue weighted by atomic mass is 19.4. The van der Waals surface area contributed by atoms with Crippen LogP contribution in [0.25, 0.3) is 0 Å². The van der Waals surface area contributed by atoms with Gasteiger partial charge in [-0.15, -0.1) is 0 Å². The standard InChI is InChI=1S/C17H22F4N2O/c1-23-9-3-2-4-14(23)6-8-16(24)22-11-12-10-13(18)5-7-15(12)17(19,20)21/h5,7,10,14H,2-4,6,8-9,11H2,1H3,(H,22,24). The van der Waals surface area contributed by atoms with E-state index in [1.165, 1.54) is 0 Å². The van der Waals surface area contributed by atoms with Crippen LogP contribution in [0.5, 0.6) is 0 Å². The minimum absolute atomic E-state index is 0.256. The number of nitrogens with zero attached hydrogens (tertiary/aromatic N) is 1. The molecule has 1 aromatic rings. The van der Waals surface area contributed by atoms with Gasteiger partial charge in [-0.1, -0.05) is 6.42 Å². The minimum Gasteiger partial charge on any atom is -0.352 e. The highest BCUT2D eigenvalue weighted by Crippen LogP contribution is 2.32. The van der Waals surface area contributed by atoms with Crippen molar-refractivity contribution < 1.29 is 22.4 Å². The zero-order valence-corrected chi connectivity index (χ0v) is 13.6. The first-order chi connectivity index (χ1) is 11.3. The van der Waals surface area contributed by atoms with Gasteiger partial charge in [-0.3, -0.25) is 4.79 Å². The molecule has 7 heteroatoms. The Labute approximate surface area is 139 Å². The number of likely N-dealkylation sites (tertiary alicyclic amines) is 1. The van der Waals surface area contributed by atoms with Gasteiger partial charge < -0.3 is 10.2 Å². The molecule has 0 aromatic heterocycles. The van der Waals surface area contributed by atoms with E-state index in [4.69, 9.17) is 0 Å². The molecule has 0 spiro atoms. The molecule has 3 nitrogen and oxygen atoms in total. The van der Waals surface area contributed by atoms with E-state index < -0.39 is 17.6 Å². The van der Waals surface area contributed by atoms with Crippen LogP contribution < -0.4 is 5.32 Å². The highest BCUT2D eigenvalue weighted by molar-refractivity contribution is 5.75. The number of rotatable bonds is 5. The van der Waals surface area contributed by atoms with E-state index in [-0.39, 0.29) is 24.4 Å². The van der Waals surface area contributed by atoms with Crippen LogP contribution in [-0.2, 0) is 17.5 Å². The molecular formula is C17H22F4N2O. The molecule has 1 atom stereocenters. The van der Waals surface area contributed by atoms with E-state index in [1.54, 1.807) is 0 Å². The van der Waals surface area contributed by atoms with Crippen LogP contribution in [0.2, 0.25) is 0 Å². The number of carbonyl (C=O) groups is 1. The summed E-state index contributed by atoms with van der Waals surface area (Å²) in [6.07, 6.45) is -0.318. The van der Waals surface area contributed by atoms with Crippen molar-refractivity contribution in [3.8, 4) is 0 Å². The van der Waals surface area contributed by atoms with Crippen LogP contribution in [0, 0.1) is 5.82 Å². The molecule has 1 aliphatic rings. The molecule has 1 aliphatic heterocycles. The van der Waals surface area contributed by atoms with Gasteiger partial charge in [0.15, 0.2) is 0 Å². The lowest BCUT2D eigenvalue weighted by atomic mass is 9.98. The molecule has 1 saturated heterocycles. The summed E-state index contributed by atoms with van der Waals surface area (Å²) in [5.74, 6) is -1.07. The van der Waals surface area contributed by atoms with Gasteiger partial charge >= 0.3 is 6.18 Å². The molecule has 0 radical (unpaired) electrons. The number of hydrogen-bond acceptors (Lipinski definition) is 2. The molecule has 2 rings (SSSR count). The van der Waals surface area contributed by atoms with Crippen LogP contribution in [0.4, 0.5) is 17.6 Å². The van der Waals surface area contributed by atoms with Crippen LogP contribution in [0.1, 0.15) is 43.2 Å². The molecule has 0 saturated carbocycles. The Kier molecular flexibility index (Phi) is 6.21. The van der Waals surface area contributed by atoms with E-state index in [0.717, 1.165) is 37.9 Å². The molecule has 1 unspecified atom stereocenters. The third kappa shape index (κ3) is 5.19. The van der Waals surface area contributed by atoms with E-state index in [9.17, 15) is 22.4 Å². The monoisotopic (exact) mass is 346 g/mol. The maximum atomic E-state index is 13.2. The maximum Gasteiger partial charge on any atom is 0.416 e. The largest absolute Gasteiger partial charge is 0.416 e. The Morgan fingerprint density at radius 1 is 1.33 bits per heavy atom. The van der Waals surface area contributed by atoms with Gasteiger partial charge in [-0.2, -0.15) is 13.2 Å². The molecule has 1 fully saturated rings. The fourth-order valence-corrected chi connectivity index (χ4v) is 3.07. The van der Waals surface area contributed by atoms with Crippen molar-refractivity contribution in [1.29, 1.82) is 0 Å². The summed E-state index contributed by atoms with van der Waals surface area (Å²) in [6.45, 7) is 0.677. The number of hydrogen-bond donors (Lipinski definition) is 1. The van der Waals surface area contributed by atoms with Crippen molar-refractivity contribution in [2.75, 3.05) is 13.6 Å². The molecule has 1 aromatic carbocycles. The van der Waals surface area contributed by atoms with Gasteiger partial charge in [-0.25, -0.2) is 4.39 Å². The first-order valence-corrected chi connectivity index (χ1v) is 8.10. The van der Waals surface area contributed by atoms with Crippen molar-refractivity contribution in [1.82, 2.24) is 10.2 Å². The lowest BCUT2D eigenvalue weighted by Gasteiger charge is -2.32.